The van der Waals surface area contributed by atoms with Gasteiger partial charge in [-0.1, -0.05) is 295 Å². The molecule has 6 heteroatoms. The van der Waals surface area contributed by atoms with Crippen molar-refractivity contribution in [1.29, 1.82) is 0 Å². The summed E-state index contributed by atoms with van der Waals surface area (Å²) in [4.78, 5) is 38.3. The highest BCUT2D eigenvalue weighted by molar-refractivity contribution is 5.71. The van der Waals surface area contributed by atoms with E-state index in [-0.39, 0.29) is 31.1 Å². The van der Waals surface area contributed by atoms with Gasteiger partial charge in [-0.2, -0.15) is 0 Å². The predicted octanol–water partition coefficient (Wildman–Crippen LogP) is 21.8. The van der Waals surface area contributed by atoms with E-state index < -0.39 is 6.10 Å². The lowest BCUT2D eigenvalue weighted by atomic mass is 10.0. The highest BCUT2D eigenvalue weighted by Crippen LogP contribution is 2.18. The maximum atomic E-state index is 12.9. The summed E-state index contributed by atoms with van der Waals surface area (Å²) in [6.07, 6.45) is 73.2. The Balaban J connectivity index is 4.32. The first kappa shape index (κ1) is 69.9. The van der Waals surface area contributed by atoms with Crippen molar-refractivity contribution in [2.45, 2.75) is 367 Å². The maximum Gasteiger partial charge on any atom is 0.306 e. The molecule has 0 spiro atoms. The highest BCUT2D eigenvalue weighted by atomic mass is 16.6. The van der Waals surface area contributed by atoms with Crippen LogP contribution in [0.25, 0.3) is 0 Å². The van der Waals surface area contributed by atoms with E-state index in [2.05, 4.69) is 45.1 Å². The van der Waals surface area contributed by atoms with Crippen LogP contribution in [0.4, 0.5) is 0 Å². The Morgan fingerprint density at radius 3 is 0.694 bits per heavy atom. The van der Waals surface area contributed by atoms with E-state index in [4.69, 9.17) is 14.2 Å². The molecule has 0 bridgehead atoms. The normalized spacial score (nSPS) is 12.1. The third-order valence-electron chi connectivity index (χ3n) is 14.7. The number of ether oxygens (including phenoxy) is 3. The summed E-state index contributed by atoms with van der Waals surface area (Å²) in [6, 6.07) is 0. The lowest BCUT2D eigenvalue weighted by Gasteiger charge is -2.18. The molecule has 0 saturated heterocycles. The fourth-order valence-electron chi connectivity index (χ4n) is 9.79. The van der Waals surface area contributed by atoms with Crippen molar-refractivity contribution in [3.05, 3.63) is 24.3 Å². The summed E-state index contributed by atoms with van der Waals surface area (Å²) in [7, 11) is 0. The van der Waals surface area contributed by atoms with Gasteiger partial charge in [-0.3, -0.25) is 14.4 Å². The van der Waals surface area contributed by atoms with Gasteiger partial charge < -0.3 is 14.2 Å². The van der Waals surface area contributed by atoms with Crippen LogP contribution in [0.2, 0.25) is 0 Å². The Morgan fingerprint density at radius 1 is 0.264 bits per heavy atom. The quantitative estimate of drug-likeness (QED) is 0.0261. The molecule has 0 rings (SSSR count). The molecular formula is C66H124O6. The minimum atomic E-state index is -0.773. The molecule has 6 nitrogen and oxygen atoms in total. The Hall–Kier alpha value is -2.11. The first-order valence-corrected chi connectivity index (χ1v) is 32.3. The average molecular weight is 1010 g/mol. The summed E-state index contributed by atoms with van der Waals surface area (Å²) < 4.78 is 17.0. The van der Waals surface area contributed by atoms with Crippen molar-refractivity contribution in [2.24, 2.45) is 0 Å². The van der Waals surface area contributed by atoms with Gasteiger partial charge in [-0.25, -0.2) is 0 Å². The summed E-state index contributed by atoms with van der Waals surface area (Å²) in [6.45, 7) is 6.69. The van der Waals surface area contributed by atoms with E-state index in [1.807, 2.05) is 0 Å². The second kappa shape index (κ2) is 61.4. The number of hydrogen-bond acceptors (Lipinski definition) is 6. The molecule has 0 radical (unpaired) electrons. The molecule has 424 valence electrons. The fraction of sp³-hybridized carbons (Fsp3) is 0.894. The monoisotopic (exact) mass is 1010 g/mol. The van der Waals surface area contributed by atoms with Gasteiger partial charge in [0.25, 0.3) is 0 Å². The van der Waals surface area contributed by atoms with Crippen LogP contribution in [-0.4, -0.2) is 37.2 Å². The van der Waals surface area contributed by atoms with E-state index in [0.717, 1.165) is 64.2 Å². The van der Waals surface area contributed by atoms with Crippen molar-refractivity contribution in [1.82, 2.24) is 0 Å². The summed E-state index contributed by atoms with van der Waals surface area (Å²) in [5.41, 5.74) is 0. The highest BCUT2D eigenvalue weighted by Gasteiger charge is 2.19. The van der Waals surface area contributed by atoms with Crippen LogP contribution >= 0.6 is 0 Å². The fourth-order valence-corrected chi connectivity index (χ4v) is 9.79. The van der Waals surface area contributed by atoms with Crippen LogP contribution < -0.4 is 0 Å². The number of esters is 3. The van der Waals surface area contributed by atoms with Crippen LogP contribution in [0.3, 0.4) is 0 Å². The Morgan fingerprint density at radius 2 is 0.458 bits per heavy atom. The van der Waals surface area contributed by atoms with E-state index in [1.165, 1.54) is 257 Å². The lowest BCUT2D eigenvalue weighted by molar-refractivity contribution is -0.167. The van der Waals surface area contributed by atoms with Crippen LogP contribution in [-0.2, 0) is 28.6 Å². The largest absolute Gasteiger partial charge is 0.462 e. The second-order valence-corrected chi connectivity index (χ2v) is 22.0. The van der Waals surface area contributed by atoms with Gasteiger partial charge in [-0.15, -0.1) is 0 Å². The number of carbonyl (C=O) groups excluding carboxylic acids is 3. The van der Waals surface area contributed by atoms with Gasteiger partial charge in [-0.05, 0) is 70.6 Å². The van der Waals surface area contributed by atoms with Gasteiger partial charge in [0.1, 0.15) is 13.2 Å². The molecule has 0 aliphatic heterocycles. The van der Waals surface area contributed by atoms with Crippen molar-refractivity contribution in [3.63, 3.8) is 0 Å². The zero-order valence-corrected chi connectivity index (χ0v) is 48.7. The second-order valence-electron chi connectivity index (χ2n) is 22.0. The third-order valence-corrected chi connectivity index (χ3v) is 14.7. The first-order valence-electron chi connectivity index (χ1n) is 32.3. The van der Waals surface area contributed by atoms with E-state index >= 15 is 0 Å². The van der Waals surface area contributed by atoms with Gasteiger partial charge in [0.2, 0.25) is 0 Å². The van der Waals surface area contributed by atoms with Crippen molar-refractivity contribution < 1.29 is 28.6 Å². The third kappa shape index (κ3) is 58.8. The van der Waals surface area contributed by atoms with Crippen LogP contribution in [0.15, 0.2) is 24.3 Å². The Kier molecular flexibility index (Phi) is 59.6. The smallest absolute Gasteiger partial charge is 0.306 e. The summed E-state index contributed by atoms with van der Waals surface area (Å²) in [5, 5.41) is 0. The Labute approximate surface area is 449 Å². The predicted molar refractivity (Wildman–Crippen MR) is 312 cm³/mol. The number of rotatable bonds is 60. The zero-order valence-electron chi connectivity index (χ0n) is 48.7. The van der Waals surface area contributed by atoms with Crippen molar-refractivity contribution >= 4 is 17.9 Å². The molecule has 0 heterocycles. The van der Waals surface area contributed by atoms with Gasteiger partial charge >= 0.3 is 17.9 Å². The number of hydrogen-bond donors (Lipinski definition) is 0. The molecule has 0 aromatic carbocycles. The standard InChI is InChI=1S/C66H124O6/c1-4-7-10-13-16-19-22-25-28-31-33-35-38-41-44-47-50-53-56-59-65(68)71-62-63(61-70-64(67)58-55-52-49-46-43-40-37-30-27-24-21-18-15-12-9-6-3)72-66(69)60-57-54-51-48-45-42-39-36-34-32-29-26-23-20-17-14-11-8-5-2/h25,28,30,37,63H,4-24,26-27,29,31-36,38-62H2,1-3H3/b28-25-,37-30-. The first-order chi connectivity index (χ1) is 35.5. The maximum absolute atomic E-state index is 12.9. The molecular weight excluding hydrogens is 889 g/mol. The number of carbonyl (C=O) groups is 3. The zero-order chi connectivity index (χ0) is 52.2. The molecule has 0 fully saturated rings. The van der Waals surface area contributed by atoms with Gasteiger partial charge in [0.15, 0.2) is 6.10 Å². The molecule has 0 aliphatic rings. The molecule has 1 unspecified atom stereocenters. The number of allylic oxidation sites excluding steroid dienone is 4. The van der Waals surface area contributed by atoms with E-state index in [1.54, 1.807) is 0 Å². The molecule has 1 atom stereocenters. The van der Waals surface area contributed by atoms with E-state index in [0.29, 0.717) is 19.3 Å². The van der Waals surface area contributed by atoms with Crippen LogP contribution in [0.5, 0.6) is 0 Å². The molecule has 0 aromatic heterocycles. The van der Waals surface area contributed by atoms with Crippen LogP contribution in [0, 0.1) is 0 Å². The Bertz CT molecular complexity index is 1160. The van der Waals surface area contributed by atoms with Gasteiger partial charge in [0.05, 0.1) is 0 Å². The molecule has 0 aromatic rings. The topological polar surface area (TPSA) is 78.9 Å². The lowest BCUT2D eigenvalue weighted by Crippen LogP contribution is -2.30. The molecule has 0 amide bonds. The van der Waals surface area contributed by atoms with Crippen molar-refractivity contribution in [3.8, 4) is 0 Å². The molecule has 0 saturated carbocycles. The summed E-state index contributed by atoms with van der Waals surface area (Å²) in [5.74, 6) is -0.853. The molecule has 0 N–H and O–H groups in total. The van der Waals surface area contributed by atoms with Crippen LogP contribution in [0.1, 0.15) is 361 Å². The summed E-state index contributed by atoms with van der Waals surface area (Å²) >= 11 is 0. The number of unbranched alkanes of at least 4 members (excludes halogenated alkanes) is 45. The molecule has 72 heavy (non-hydrogen) atoms. The van der Waals surface area contributed by atoms with Gasteiger partial charge in [0, 0.05) is 19.3 Å². The minimum Gasteiger partial charge on any atom is -0.462 e. The van der Waals surface area contributed by atoms with Crippen molar-refractivity contribution in [2.75, 3.05) is 13.2 Å². The average Bonchev–Trinajstić information content (AvgIpc) is 3.38. The minimum absolute atomic E-state index is 0.0700. The SMILES string of the molecule is CCCCCCCC/C=C\CCCCCCCCCCCC(=O)OCC(COC(=O)CCCCCCC/C=C\CCCCCCCCC)OC(=O)CCCCCCCCCCCCCCCCCCCCC. The van der Waals surface area contributed by atoms with E-state index in [9.17, 15) is 14.4 Å². The molecule has 0 aliphatic carbocycles.